The molecule has 134 valence electrons. The van der Waals surface area contributed by atoms with Gasteiger partial charge in [0.1, 0.15) is 11.3 Å². The van der Waals surface area contributed by atoms with Crippen molar-refractivity contribution in [2.45, 2.75) is 6.42 Å². The number of benzene rings is 2. The van der Waals surface area contributed by atoms with Crippen LogP contribution in [0.5, 0.6) is 11.5 Å². The quantitative estimate of drug-likeness (QED) is 0.630. The van der Waals surface area contributed by atoms with Gasteiger partial charge >= 0.3 is 0 Å². The Morgan fingerprint density at radius 3 is 2.69 bits per heavy atom. The lowest BCUT2D eigenvalue weighted by Crippen LogP contribution is -2.30. The number of para-hydroxylation sites is 2. The first-order chi connectivity index (χ1) is 12.7. The van der Waals surface area contributed by atoms with Crippen molar-refractivity contribution in [2.24, 2.45) is 0 Å². The first kappa shape index (κ1) is 17.7. The third-order valence-corrected chi connectivity index (χ3v) is 3.69. The molecule has 1 aromatic heterocycles. The van der Waals surface area contributed by atoms with E-state index in [1.807, 2.05) is 30.3 Å². The molecule has 0 spiro atoms. The minimum Gasteiger partial charge on any atom is -0.491 e. The van der Waals surface area contributed by atoms with E-state index in [9.17, 15) is 9.18 Å². The fourth-order valence-electron chi connectivity index (χ4n) is 2.43. The van der Waals surface area contributed by atoms with Crippen LogP contribution in [0.2, 0.25) is 0 Å². The molecule has 0 aliphatic rings. The summed E-state index contributed by atoms with van der Waals surface area (Å²) in [7, 11) is 0. The Bertz CT molecular complexity index is 880. The molecule has 0 unspecified atom stereocenters. The number of carbonyl (C=O) groups is 1. The second-order valence-corrected chi connectivity index (χ2v) is 5.60. The highest BCUT2D eigenvalue weighted by Gasteiger charge is 2.06. The summed E-state index contributed by atoms with van der Waals surface area (Å²) in [6, 6.07) is 15.6. The summed E-state index contributed by atoms with van der Waals surface area (Å²) in [5.41, 5.74) is 0.817. The van der Waals surface area contributed by atoms with Crippen LogP contribution in [0, 0.1) is 5.82 Å². The van der Waals surface area contributed by atoms with E-state index in [1.165, 1.54) is 12.1 Å². The normalized spacial score (nSPS) is 10.5. The van der Waals surface area contributed by atoms with E-state index >= 15 is 0 Å². The number of hydrogen-bond acceptors (Lipinski definition) is 4. The van der Waals surface area contributed by atoms with Gasteiger partial charge in [-0.05, 0) is 30.7 Å². The minimum atomic E-state index is -0.489. The van der Waals surface area contributed by atoms with Gasteiger partial charge in [0.15, 0.2) is 18.2 Å². The molecule has 0 saturated carbocycles. The first-order valence-corrected chi connectivity index (χ1v) is 8.34. The summed E-state index contributed by atoms with van der Waals surface area (Å²) < 4.78 is 24.3. The number of aromatic nitrogens is 1. The number of amides is 1. The number of fused-ring (bicyclic) bond motifs is 1. The van der Waals surface area contributed by atoms with Crippen molar-refractivity contribution in [3.05, 3.63) is 66.6 Å². The predicted molar refractivity (Wildman–Crippen MR) is 96.8 cm³/mol. The molecule has 0 bridgehead atoms. The zero-order valence-corrected chi connectivity index (χ0v) is 14.2. The number of pyridine rings is 1. The monoisotopic (exact) mass is 354 g/mol. The molecule has 26 heavy (non-hydrogen) atoms. The Morgan fingerprint density at radius 2 is 1.81 bits per heavy atom. The second kappa shape index (κ2) is 8.80. The maximum Gasteiger partial charge on any atom is 0.257 e. The minimum absolute atomic E-state index is 0.0643. The van der Waals surface area contributed by atoms with Crippen LogP contribution in [0.15, 0.2) is 60.8 Å². The molecule has 0 aliphatic carbocycles. The summed E-state index contributed by atoms with van der Waals surface area (Å²) in [5, 5.41) is 3.73. The van der Waals surface area contributed by atoms with Crippen LogP contribution in [-0.2, 0) is 4.79 Å². The first-order valence-electron chi connectivity index (χ1n) is 8.34. The van der Waals surface area contributed by atoms with Gasteiger partial charge < -0.3 is 14.8 Å². The number of rotatable bonds is 8. The highest BCUT2D eigenvalue weighted by Crippen LogP contribution is 2.22. The van der Waals surface area contributed by atoms with Crippen molar-refractivity contribution < 1.29 is 18.7 Å². The zero-order valence-electron chi connectivity index (χ0n) is 14.2. The van der Waals surface area contributed by atoms with E-state index in [4.69, 9.17) is 9.47 Å². The lowest BCUT2D eigenvalue weighted by Gasteiger charge is -2.10. The van der Waals surface area contributed by atoms with Crippen molar-refractivity contribution in [3.8, 4) is 11.5 Å². The summed E-state index contributed by atoms with van der Waals surface area (Å²) in [6.45, 7) is 0.664. The molecule has 0 aliphatic heterocycles. The van der Waals surface area contributed by atoms with Gasteiger partial charge in [0.25, 0.3) is 5.91 Å². The van der Waals surface area contributed by atoms with Gasteiger partial charge in [-0.3, -0.25) is 9.78 Å². The number of hydrogen-bond donors (Lipinski definition) is 1. The van der Waals surface area contributed by atoms with Crippen LogP contribution >= 0.6 is 0 Å². The summed E-state index contributed by atoms with van der Waals surface area (Å²) in [4.78, 5) is 16.1. The van der Waals surface area contributed by atoms with Crippen LogP contribution in [-0.4, -0.2) is 30.6 Å². The van der Waals surface area contributed by atoms with Gasteiger partial charge in [-0.25, -0.2) is 4.39 Å². The molecular weight excluding hydrogens is 335 g/mol. The molecule has 0 saturated heterocycles. The van der Waals surface area contributed by atoms with Crippen LogP contribution < -0.4 is 14.8 Å². The van der Waals surface area contributed by atoms with Crippen molar-refractivity contribution in [1.82, 2.24) is 10.3 Å². The maximum atomic E-state index is 13.4. The fraction of sp³-hybridized carbons (Fsp3) is 0.200. The van der Waals surface area contributed by atoms with Gasteiger partial charge in [0.05, 0.1) is 6.61 Å². The maximum absolute atomic E-state index is 13.4. The van der Waals surface area contributed by atoms with Crippen molar-refractivity contribution in [3.63, 3.8) is 0 Å². The Kier molecular flexibility index (Phi) is 5.98. The van der Waals surface area contributed by atoms with E-state index in [0.29, 0.717) is 19.6 Å². The fourth-order valence-corrected chi connectivity index (χ4v) is 2.43. The topological polar surface area (TPSA) is 60.5 Å². The van der Waals surface area contributed by atoms with Gasteiger partial charge in [-0.2, -0.15) is 0 Å². The zero-order chi connectivity index (χ0) is 18.2. The third kappa shape index (κ3) is 4.69. The molecule has 3 aromatic rings. The highest BCUT2D eigenvalue weighted by atomic mass is 19.1. The van der Waals surface area contributed by atoms with Crippen LogP contribution in [0.1, 0.15) is 6.42 Å². The number of ether oxygens (including phenoxy) is 2. The van der Waals surface area contributed by atoms with E-state index in [1.54, 1.807) is 18.3 Å². The van der Waals surface area contributed by atoms with Crippen molar-refractivity contribution in [1.29, 1.82) is 0 Å². The lowest BCUT2D eigenvalue weighted by molar-refractivity contribution is -0.123. The Morgan fingerprint density at radius 1 is 1.00 bits per heavy atom. The summed E-state index contributed by atoms with van der Waals surface area (Å²) in [6.07, 6.45) is 2.36. The largest absolute Gasteiger partial charge is 0.491 e. The molecule has 2 aromatic carbocycles. The van der Waals surface area contributed by atoms with Crippen LogP contribution in [0.25, 0.3) is 10.9 Å². The van der Waals surface area contributed by atoms with E-state index in [-0.39, 0.29) is 18.3 Å². The SMILES string of the molecule is O=C(COc1ccccc1F)NCCCOc1cccc2cccnc12. The molecular formula is C20H19FN2O3. The van der Waals surface area contributed by atoms with Gasteiger partial charge in [-0.15, -0.1) is 0 Å². The number of nitrogens with one attached hydrogen (secondary N) is 1. The van der Waals surface area contributed by atoms with E-state index < -0.39 is 5.82 Å². The van der Waals surface area contributed by atoms with Gasteiger partial charge in [0.2, 0.25) is 0 Å². The van der Waals surface area contributed by atoms with Gasteiger partial charge in [-0.1, -0.05) is 30.3 Å². The van der Waals surface area contributed by atoms with Gasteiger partial charge in [0, 0.05) is 18.1 Å². The molecule has 1 amide bonds. The molecule has 6 heteroatoms. The summed E-state index contributed by atoms with van der Waals surface area (Å²) in [5.74, 6) is -0.00997. The second-order valence-electron chi connectivity index (χ2n) is 5.60. The molecule has 1 N–H and O–H groups in total. The van der Waals surface area contributed by atoms with E-state index in [0.717, 1.165) is 16.7 Å². The Labute approximate surface area is 150 Å². The average molecular weight is 354 g/mol. The van der Waals surface area contributed by atoms with Crippen molar-refractivity contribution >= 4 is 16.8 Å². The standard InChI is InChI=1S/C20H19FN2O3/c21-16-8-1-2-9-17(16)26-14-19(24)22-12-5-13-25-18-10-3-6-15-7-4-11-23-20(15)18/h1-4,6-11H,5,12-14H2,(H,22,24). The molecule has 1 heterocycles. The van der Waals surface area contributed by atoms with Crippen LogP contribution in [0.3, 0.4) is 0 Å². The number of nitrogens with zero attached hydrogens (tertiary/aromatic N) is 1. The molecule has 0 atom stereocenters. The van der Waals surface area contributed by atoms with Crippen molar-refractivity contribution in [2.75, 3.05) is 19.8 Å². The highest BCUT2D eigenvalue weighted by molar-refractivity contribution is 5.84. The van der Waals surface area contributed by atoms with Crippen LogP contribution in [0.4, 0.5) is 4.39 Å². The Balaban J connectivity index is 1.37. The van der Waals surface area contributed by atoms with E-state index in [2.05, 4.69) is 10.3 Å². The lowest BCUT2D eigenvalue weighted by atomic mass is 10.2. The Hall–Kier alpha value is -3.15. The predicted octanol–water partition coefficient (Wildman–Crippen LogP) is 3.34. The summed E-state index contributed by atoms with van der Waals surface area (Å²) >= 11 is 0. The molecule has 3 rings (SSSR count). The average Bonchev–Trinajstić information content (AvgIpc) is 2.67. The molecule has 0 radical (unpaired) electrons. The molecule has 0 fully saturated rings. The smallest absolute Gasteiger partial charge is 0.257 e. The third-order valence-electron chi connectivity index (χ3n) is 3.69. The number of halogens is 1. The molecule has 5 nitrogen and oxygen atoms in total. The number of carbonyl (C=O) groups excluding carboxylic acids is 1.